The van der Waals surface area contributed by atoms with E-state index in [1.54, 1.807) is 4.90 Å². The van der Waals surface area contributed by atoms with E-state index in [4.69, 9.17) is 5.11 Å². The Labute approximate surface area is 154 Å². The van der Waals surface area contributed by atoms with Crippen LogP contribution in [0.5, 0.6) is 0 Å². The van der Waals surface area contributed by atoms with Gasteiger partial charge in [0.2, 0.25) is 5.91 Å². The van der Waals surface area contributed by atoms with Gasteiger partial charge in [0, 0.05) is 19.4 Å². The van der Waals surface area contributed by atoms with Crippen LogP contribution in [0.3, 0.4) is 0 Å². The Bertz CT molecular complexity index is 651. The smallest absolute Gasteiger partial charge is 0.303 e. The highest BCUT2D eigenvalue weighted by Gasteiger charge is 2.32. The molecule has 1 atom stereocenters. The summed E-state index contributed by atoms with van der Waals surface area (Å²) in [5, 5.41) is 19.0. The molecule has 1 fully saturated rings. The highest BCUT2D eigenvalue weighted by molar-refractivity contribution is 5.79. The van der Waals surface area contributed by atoms with Crippen molar-refractivity contribution >= 4 is 11.9 Å². The summed E-state index contributed by atoms with van der Waals surface area (Å²) in [6, 6.07) is 9.85. The third-order valence-corrected chi connectivity index (χ3v) is 4.53. The van der Waals surface area contributed by atoms with Gasteiger partial charge in [0.1, 0.15) is 5.76 Å². The fourth-order valence-electron chi connectivity index (χ4n) is 3.11. The zero-order valence-electron chi connectivity index (χ0n) is 15.0. The third-order valence-electron chi connectivity index (χ3n) is 4.53. The highest BCUT2D eigenvalue weighted by atomic mass is 16.4. The zero-order chi connectivity index (χ0) is 18.8. The van der Waals surface area contributed by atoms with E-state index in [1.807, 2.05) is 36.4 Å². The molecule has 1 heterocycles. The van der Waals surface area contributed by atoms with Crippen LogP contribution in [0.4, 0.5) is 0 Å². The van der Waals surface area contributed by atoms with Crippen LogP contribution < -0.4 is 0 Å². The second-order valence-electron chi connectivity index (χ2n) is 6.51. The summed E-state index contributed by atoms with van der Waals surface area (Å²) in [7, 11) is 0. The molecular formula is C21H27NO4. The van der Waals surface area contributed by atoms with Crippen LogP contribution in [-0.2, 0) is 16.0 Å². The van der Waals surface area contributed by atoms with Crippen LogP contribution in [0.25, 0.3) is 0 Å². The average Bonchev–Trinajstić information content (AvgIpc) is 2.99. The number of hydrogen-bond donors (Lipinski definition) is 2. The van der Waals surface area contributed by atoms with E-state index < -0.39 is 5.97 Å². The Hall–Kier alpha value is -2.56. The van der Waals surface area contributed by atoms with Crippen molar-refractivity contribution in [2.75, 3.05) is 6.54 Å². The minimum atomic E-state index is -0.793. The maximum atomic E-state index is 12.1. The number of aliphatic hydroxyl groups is 1. The number of carbonyl (C=O) groups excluding carboxylic acids is 1. The highest BCUT2D eigenvalue weighted by Crippen LogP contribution is 2.24. The van der Waals surface area contributed by atoms with Crippen molar-refractivity contribution in [1.29, 1.82) is 0 Å². The summed E-state index contributed by atoms with van der Waals surface area (Å²) in [5.41, 5.74) is 1.22. The number of carboxylic acids is 1. The van der Waals surface area contributed by atoms with Crippen LogP contribution >= 0.6 is 0 Å². The number of allylic oxidation sites excluding steroid dienone is 2. The number of rotatable bonds is 10. The second kappa shape index (κ2) is 10.4. The molecule has 1 amide bonds. The van der Waals surface area contributed by atoms with Crippen LogP contribution in [0, 0.1) is 0 Å². The van der Waals surface area contributed by atoms with Gasteiger partial charge in [0.05, 0.1) is 6.04 Å². The number of benzene rings is 1. The molecule has 5 heteroatoms. The minimum absolute atomic E-state index is 0.0493. The molecule has 0 aromatic heterocycles. The molecular weight excluding hydrogens is 330 g/mol. The van der Waals surface area contributed by atoms with Crippen LogP contribution in [0.1, 0.15) is 44.1 Å². The molecule has 1 aliphatic rings. The molecule has 26 heavy (non-hydrogen) atoms. The first-order valence-corrected chi connectivity index (χ1v) is 9.17. The first kappa shape index (κ1) is 19.8. The normalized spacial score (nSPS) is 18.0. The Morgan fingerprint density at radius 1 is 1.15 bits per heavy atom. The summed E-state index contributed by atoms with van der Waals surface area (Å²) < 4.78 is 0. The summed E-state index contributed by atoms with van der Waals surface area (Å²) in [6.07, 6.45) is 9.71. The lowest BCUT2D eigenvalue weighted by Crippen LogP contribution is -2.34. The third kappa shape index (κ3) is 6.39. The van der Waals surface area contributed by atoms with E-state index in [-0.39, 0.29) is 24.1 Å². The molecule has 140 valence electrons. The molecule has 0 aliphatic carbocycles. The van der Waals surface area contributed by atoms with Gasteiger partial charge in [0.15, 0.2) is 0 Å². The van der Waals surface area contributed by atoms with Gasteiger partial charge in [-0.1, -0.05) is 42.5 Å². The number of aryl methyl sites for hydroxylation is 1. The SMILES string of the molecule is O=C(O)CCCC=CCN1C(=O)CC[C@@H]1C(O)=CCCc1ccccc1. The lowest BCUT2D eigenvalue weighted by atomic mass is 10.1. The van der Waals surface area contributed by atoms with Gasteiger partial charge in [-0.2, -0.15) is 0 Å². The molecule has 2 rings (SSSR count). The molecule has 1 aliphatic heterocycles. The number of carboxylic acid groups (broad SMARTS) is 1. The first-order valence-electron chi connectivity index (χ1n) is 9.17. The Morgan fingerprint density at radius 2 is 1.92 bits per heavy atom. The summed E-state index contributed by atoms with van der Waals surface area (Å²) in [6.45, 7) is 0.452. The lowest BCUT2D eigenvalue weighted by Gasteiger charge is -2.23. The predicted octanol–water partition coefficient (Wildman–Crippen LogP) is 3.86. The van der Waals surface area contributed by atoms with Crippen LogP contribution in [0.15, 0.2) is 54.3 Å². The van der Waals surface area contributed by atoms with Gasteiger partial charge >= 0.3 is 5.97 Å². The minimum Gasteiger partial charge on any atom is -0.510 e. The molecule has 0 bridgehead atoms. The van der Waals surface area contributed by atoms with Gasteiger partial charge < -0.3 is 15.1 Å². The van der Waals surface area contributed by atoms with Gasteiger partial charge in [-0.25, -0.2) is 0 Å². The number of likely N-dealkylation sites (tertiary alicyclic amines) is 1. The molecule has 1 aromatic carbocycles. The van der Waals surface area contributed by atoms with Crippen LogP contribution in [-0.4, -0.2) is 39.6 Å². The maximum Gasteiger partial charge on any atom is 0.303 e. The first-order chi connectivity index (χ1) is 12.6. The van der Waals surface area contributed by atoms with E-state index in [0.29, 0.717) is 32.2 Å². The monoisotopic (exact) mass is 357 g/mol. The number of nitrogens with zero attached hydrogens (tertiary/aromatic N) is 1. The van der Waals surface area contributed by atoms with Gasteiger partial charge in [0.25, 0.3) is 0 Å². The van der Waals surface area contributed by atoms with E-state index in [9.17, 15) is 14.7 Å². The van der Waals surface area contributed by atoms with E-state index in [2.05, 4.69) is 12.1 Å². The second-order valence-corrected chi connectivity index (χ2v) is 6.51. The van der Waals surface area contributed by atoms with E-state index in [1.165, 1.54) is 5.56 Å². The summed E-state index contributed by atoms with van der Waals surface area (Å²) >= 11 is 0. The van der Waals surface area contributed by atoms with E-state index >= 15 is 0 Å². The molecule has 2 N–H and O–H groups in total. The number of unbranched alkanes of at least 4 members (excludes halogenated alkanes) is 1. The Kier molecular flexibility index (Phi) is 7.93. The van der Waals surface area contributed by atoms with Crippen LogP contribution in [0.2, 0.25) is 0 Å². The molecule has 1 saturated heterocycles. The van der Waals surface area contributed by atoms with Crippen molar-refractivity contribution < 1.29 is 19.8 Å². The topological polar surface area (TPSA) is 77.8 Å². The van der Waals surface area contributed by atoms with Crippen molar-refractivity contribution in [2.45, 2.75) is 51.0 Å². The van der Waals surface area contributed by atoms with Gasteiger partial charge in [-0.15, -0.1) is 0 Å². The predicted molar refractivity (Wildman–Crippen MR) is 101 cm³/mol. The molecule has 0 radical (unpaired) electrons. The zero-order valence-corrected chi connectivity index (χ0v) is 15.0. The largest absolute Gasteiger partial charge is 0.510 e. The van der Waals surface area contributed by atoms with Gasteiger partial charge in [-0.05, 0) is 43.7 Å². The molecule has 0 saturated carbocycles. The van der Waals surface area contributed by atoms with Crippen molar-refractivity contribution in [1.82, 2.24) is 4.90 Å². The number of aliphatic carboxylic acids is 1. The fraction of sp³-hybridized carbons (Fsp3) is 0.429. The van der Waals surface area contributed by atoms with Crippen molar-refractivity contribution in [3.05, 3.63) is 59.9 Å². The van der Waals surface area contributed by atoms with E-state index in [0.717, 1.165) is 12.8 Å². The number of amides is 1. The summed E-state index contributed by atoms with van der Waals surface area (Å²) in [4.78, 5) is 24.2. The standard InChI is InChI=1S/C21H27NO4/c23-19(12-8-11-17-9-4-3-5-10-17)18-14-15-20(24)22(18)16-7-2-1-6-13-21(25)26/h2-5,7,9-10,12,18,23H,1,6,8,11,13-16H2,(H,25,26)/t18-/m1/s1. The van der Waals surface area contributed by atoms with Crippen molar-refractivity contribution in [3.63, 3.8) is 0 Å². The molecule has 0 spiro atoms. The maximum absolute atomic E-state index is 12.1. The number of aliphatic hydroxyl groups excluding tert-OH is 1. The molecule has 5 nitrogen and oxygen atoms in total. The number of carbonyl (C=O) groups is 2. The average molecular weight is 357 g/mol. The molecule has 0 unspecified atom stereocenters. The summed E-state index contributed by atoms with van der Waals surface area (Å²) in [5.74, 6) is -0.474. The fourth-order valence-corrected chi connectivity index (χ4v) is 3.11. The molecule has 1 aromatic rings. The quantitative estimate of drug-likeness (QED) is 0.379. The van der Waals surface area contributed by atoms with Crippen molar-refractivity contribution in [3.8, 4) is 0 Å². The lowest BCUT2D eigenvalue weighted by molar-refractivity contribution is -0.137. The Morgan fingerprint density at radius 3 is 2.65 bits per heavy atom. The van der Waals surface area contributed by atoms with Crippen molar-refractivity contribution in [2.24, 2.45) is 0 Å². The number of hydrogen-bond acceptors (Lipinski definition) is 3. The van der Waals surface area contributed by atoms with Gasteiger partial charge in [-0.3, -0.25) is 9.59 Å². The Balaban J connectivity index is 1.82.